The molecule has 2 N–H and O–H groups in total. The number of aromatic nitrogens is 4. The summed E-state index contributed by atoms with van der Waals surface area (Å²) in [5.41, 5.74) is 7.68. The van der Waals surface area contributed by atoms with Gasteiger partial charge in [-0.2, -0.15) is 0 Å². The minimum absolute atomic E-state index is 0.751. The number of aromatic amines is 2. The van der Waals surface area contributed by atoms with E-state index in [0.717, 1.165) is 46.9 Å². The molecule has 144 valence electrons. The van der Waals surface area contributed by atoms with Crippen LogP contribution < -0.4 is 0 Å². The first-order valence-electron chi connectivity index (χ1n) is 9.82. The fourth-order valence-corrected chi connectivity index (χ4v) is 3.99. The molecule has 2 aromatic carbocycles. The molecule has 0 amide bonds. The molecule has 5 rings (SSSR count). The predicted molar refractivity (Wildman–Crippen MR) is 118 cm³/mol. The third kappa shape index (κ3) is 3.41. The number of aryl methyl sites for hydroxylation is 1. The Hall–Kier alpha value is -3.44. The van der Waals surface area contributed by atoms with Crippen LogP contribution in [0.2, 0.25) is 0 Å². The summed E-state index contributed by atoms with van der Waals surface area (Å²) in [6, 6.07) is 21.3. The molecule has 0 saturated carbocycles. The lowest BCUT2D eigenvalue weighted by Gasteiger charge is -2.17. The minimum atomic E-state index is 0.751. The number of imidazole rings is 1. The summed E-state index contributed by atoms with van der Waals surface area (Å²) in [7, 11) is 2.17. The van der Waals surface area contributed by atoms with Crippen LogP contribution in [0.25, 0.3) is 33.3 Å². The van der Waals surface area contributed by atoms with Crippen LogP contribution in [0.3, 0.4) is 0 Å². The zero-order chi connectivity index (χ0) is 19.8. The first-order chi connectivity index (χ1) is 14.2. The van der Waals surface area contributed by atoms with Gasteiger partial charge < -0.3 is 9.97 Å². The number of nitrogens with one attached hydrogen (secondary N) is 2. The fourth-order valence-electron chi connectivity index (χ4n) is 3.99. The molecule has 5 heteroatoms. The van der Waals surface area contributed by atoms with Crippen molar-refractivity contribution < 1.29 is 0 Å². The molecule has 0 radical (unpaired) electrons. The molecule has 0 aliphatic carbocycles. The highest BCUT2D eigenvalue weighted by Crippen LogP contribution is 2.30. The Bertz CT molecular complexity index is 1280. The Kier molecular flexibility index (Phi) is 4.37. The van der Waals surface area contributed by atoms with E-state index in [4.69, 9.17) is 0 Å². The van der Waals surface area contributed by atoms with E-state index in [1.165, 1.54) is 16.5 Å². The standard InChI is InChI=1S/C24H23N5/c1-16-26-23-19(11-12-25-24(23)27-16)22-13-20-18(9-6-10-21(20)28-22)15-29(2)14-17-7-4-3-5-8-17/h3-13,28H,14-15H2,1-2H3,(H,25,26,27). The number of pyridine rings is 1. The molecule has 0 fully saturated rings. The van der Waals surface area contributed by atoms with Crippen LogP contribution in [0.15, 0.2) is 66.9 Å². The van der Waals surface area contributed by atoms with E-state index in [0.29, 0.717) is 0 Å². The zero-order valence-corrected chi connectivity index (χ0v) is 16.6. The van der Waals surface area contributed by atoms with E-state index in [9.17, 15) is 0 Å². The van der Waals surface area contributed by atoms with E-state index >= 15 is 0 Å². The van der Waals surface area contributed by atoms with Crippen molar-refractivity contribution in [3.8, 4) is 11.3 Å². The molecule has 5 nitrogen and oxygen atoms in total. The molecule has 0 atom stereocenters. The maximum atomic E-state index is 4.46. The number of H-pyrrole nitrogens is 2. The lowest BCUT2D eigenvalue weighted by atomic mass is 10.1. The summed E-state index contributed by atoms with van der Waals surface area (Å²) in [5, 5.41) is 1.25. The molecule has 0 unspecified atom stereocenters. The van der Waals surface area contributed by atoms with Crippen LogP contribution in [0, 0.1) is 6.92 Å². The monoisotopic (exact) mass is 381 g/mol. The lowest BCUT2D eigenvalue weighted by Crippen LogP contribution is -2.17. The fraction of sp³-hybridized carbons (Fsp3) is 0.167. The van der Waals surface area contributed by atoms with Gasteiger partial charge in [-0.05, 0) is 43.3 Å². The molecular weight excluding hydrogens is 358 g/mol. The van der Waals surface area contributed by atoms with Crippen molar-refractivity contribution in [1.29, 1.82) is 0 Å². The van der Waals surface area contributed by atoms with E-state index in [2.05, 4.69) is 86.5 Å². The second kappa shape index (κ2) is 7.18. The van der Waals surface area contributed by atoms with Crippen molar-refractivity contribution in [2.24, 2.45) is 0 Å². The quantitative estimate of drug-likeness (QED) is 0.448. The average molecular weight is 381 g/mol. The summed E-state index contributed by atoms with van der Waals surface area (Å²) in [5.74, 6) is 0.874. The largest absolute Gasteiger partial charge is 0.354 e. The van der Waals surface area contributed by atoms with Crippen LogP contribution in [0.1, 0.15) is 17.0 Å². The molecule has 3 aromatic heterocycles. The summed E-state index contributed by atoms with van der Waals surface area (Å²) in [4.78, 5) is 18.1. The van der Waals surface area contributed by atoms with Crippen LogP contribution in [0.4, 0.5) is 0 Å². The maximum Gasteiger partial charge on any atom is 0.178 e. The highest BCUT2D eigenvalue weighted by Gasteiger charge is 2.13. The van der Waals surface area contributed by atoms with Crippen LogP contribution in [-0.2, 0) is 13.1 Å². The third-order valence-corrected chi connectivity index (χ3v) is 5.29. The number of nitrogens with zero attached hydrogens (tertiary/aromatic N) is 3. The third-order valence-electron chi connectivity index (χ3n) is 5.29. The molecule has 3 heterocycles. The highest BCUT2D eigenvalue weighted by molar-refractivity contribution is 5.94. The Morgan fingerprint density at radius 3 is 2.66 bits per heavy atom. The summed E-state index contributed by atoms with van der Waals surface area (Å²) >= 11 is 0. The molecule has 0 spiro atoms. The van der Waals surface area contributed by atoms with Crippen LogP contribution in [0.5, 0.6) is 0 Å². The van der Waals surface area contributed by atoms with Gasteiger partial charge in [0.2, 0.25) is 0 Å². The van der Waals surface area contributed by atoms with Crippen molar-refractivity contribution in [2.45, 2.75) is 20.0 Å². The van der Waals surface area contributed by atoms with Crippen molar-refractivity contribution in [3.63, 3.8) is 0 Å². The summed E-state index contributed by atoms with van der Waals surface area (Å²) in [6.07, 6.45) is 1.82. The SMILES string of the molecule is Cc1nc2nccc(-c3cc4c(CN(C)Cc5ccccc5)cccc4[nH]3)c2[nH]1. The Labute approximate surface area is 169 Å². The summed E-state index contributed by atoms with van der Waals surface area (Å²) < 4.78 is 0. The Morgan fingerprint density at radius 2 is 1.79 bits per heavy atom. The number of hydrogen-bond donors (Lipinski definition) is 2. The van der Waals surface area contributed by atoms with E-state index < -0.39 is 0 Å². The Balaban J connectivity index is 1.49. The van der Waals surface area contributed by atoms with Gasteiger partial charge in [0.05, 0.1) is 5.52 Å². The topological polar surface area (TPSA) is 60.6 Å². The van der Waals surface area contributed by atoms with Crippen LogP contribution >= 0.6 is 0 Å². The van der Waals surface area contributed by atoms with Crippen LogP contribution in [-0.4, -0.2) is 31.9 Å². The number of fused-ring (bicyclic) bond motifs is 2. The van der Waals surface area contributed by atoms with Gasteiger partial charge in [0, 0.05) is 41.4 Å². The van der Waals surface area contributed by atoms with Crippen molar-refractivity contribution >= 4 is 22.1 Å². The second-order valence-electron chi connectivity index (χ2n) is 7.60. The van der Waals surface area contributed by atoms with Gasteiger partial charge in [0.1, 0.15) is 5.82 Å². The summed E-state index contributed by atoms with van der Waals surface area (Å²) in [6.45, 7) is 3.77. The van der Waals surface area contributed by atoms with Gasteiger partial charge in [-0.25, -0.2) is 9.97 Å². The lowest BCUT2D eigenvalue weighted by molar-refractivity contribution is 0.320. The normalized spacial score (nSPS) is 11.7. The smallest absolute Gasteiger partial charge is 0.178 e. The van der Waals surface area contributed by atoms with Gasteiger partial charge in [-0.1, -0.05) is 42.5 Å². The van der Waals surface area contributed by atoms with Gasteiger partial charge in [0.25, 0.3) is 0 Å². The van der Waals surface area contributed by atoms with Gasteiger partial charge in [0.15, 0.2) is 5.65 Å². The van der Waals surface area contributed by atoms with Crippen molar-refractivity contribution in [1.82, 2.24) is 24.8 Å². The van der Waals surface area contributed by atoms with Crippen molar-refractivity contribution in [2.75, 3.05) is 7.05 Å². The molecule has 29 heavy (non-hydrogen) atoms. The molecule has 0 aliphatic rings. The average Bonchev–Trinajstić information content (AvgIpc) is 3.31. The first kappa shape index (κ1) is 17.6. The predicted octanol–water partition coefficient (Wildman–Crippen LogP) is 5.05. The molecule has 5 aromatic rings. The van der Waals surface area contributed by atoms with Crippen molar-refractivity contribution in [3.05, 3.63) is 83.8 Å². The van der Waals surface area contributed by atoms with E-state index in [1.54, 1.807) is 0 Å². The molecular formula is C24H23N5. The minimum Gasteiger partial charge on any atom is -0.354 e. The Morgan fingerprint density at radius 1 is 0.931 bits per heavy atom. The zero-order valence-electron chi connectivity index (χ0n) is 16.6. The van der Waals surface area contributed by atoms with E-state index in [1.807, 2.05) is 19.2 Å². The first-order valence-corrected chi connectivity index (χ1v) is 9.82. The second-order valence-corrected chi connectivity index (χ2v) is 7.60. The number of benzene rings is 2. The molecule has 0 bridgehead atoms. The molecule has 0 saturated heterocycles. The number of hydrogen-bond acceptors (Lipinski definition) is 3. The van der Waals surface area contributed by atoms with Gasteiger partial charge in [-0.15, -0.1) is 0 Å². The van der Waals surface area contributed by atoms with Gasteiger partial charge in [-0.3, -0.25) is 4.90 Å². The maximum absolute atomic E-state index is 4.46. The van der Waals surface area contributed by atoms with E-state index in [-0.39, 0.29) is 0 Å². The molecule has 0 aliphatic heterocycles. The van der Waals surface area contributed by atoms with Gasteiger partial charge >= 0.3 is 0 Å². The number of rotatable bonds is 5. The highest BCUT2D eigenvalue weighted by atomic mass is 15.1.